The molecule has 31 heavy (non-hydrogen) atoms. The monoisotopic (exact) mass is 442 g/mol. The van der Waals surface area contributed by atoms with Crippen molar-refractivity contribution in [1.29, 1.82) is 0 Å². The number of aryl methyl sites for hydroxylation is 1. The predicted molar refractivity (Wildman–Crippen MR) is 111 cm³/mol. The van der Waals surface area contributed by atoms with Gasteiger partial charge in [-0.25, -0.2) is 4.39 Å². The van der Waals surface area contributed by atoms with E-state index < -0.39 is 18.5 Å². The second-order valence-corrected chi connectivity index (χ2v) is 9.82. The lowest BCUT2D eigenvalue weighted by atomic mass is 9.68. The van der Waals surface area contributed by atoms with Crippen molar-refractivity contribution in [2.75, 3.05) is 0 Å². The molecule has 174 valence electrons. The molecule has 1 aromatic rings. The summed E-state index contributed by atoms with van der Waals surface area (Å²) in [6.45, 7) is 2.28. The molecule has 0 spiro atoms. The van der Waals surface area contributed by atoms with Crippen molar-refractivity contribution < 1.29 is 27.0 Å². The molecule has 1 aromatic carbocycles. The first-order valence-corrected chi connectivity index (χ1v) is 12.1. The normalized spacial score (nSPS) is 31.7. The first kappa shape index (κ1) is 22.9. The topological polar surface area (TPSA) is 18.5 Å². The number of alkyl halides is 3. The lowest BCUT2D eigenvalue weighted by Crippen LogP contribution is -2.32. The highest BCUT2D eigenvalue weighted by Crippen LogP contribution is 2.45. The summed E-state index contributed by atoms with van der Waals surface area (Å²) in [4.78, 5) is 0. The van der Waals surface area contributed by atoms with Crippen molar-refractivity contribution in [3.05, 3.63) is 29.1 Å². The maximum Gasteiger partial charge on any atom is 0.525 e. The van der Waals surface area contributed by atoms with Crippen LogP contribution in [0.3, 0.4) is 0 Å². The average molecular weight is 443 g/mol. The van der Waals surface area contributed by atoms with E-state index in [2.05, 4.69) is 11.7 Å². The van der Waals surface area contributed by atoms with Crippen molar-refractivity contribution in [3.63, 3.8) is 0 Å². The van der Waals surface area contributed by atoms with Crippen molar-refractivity contribution in [3.8, 4) is 5.75 Å². The molecule has 0 radical (unpaired) electrons. The molecule has 1 aliphatic heterocycles. The van der Waals surface area contributed by atoms with Gasteiger partial charge in [0, 0.05) is 6.42 Å². The zero-order valence-corrected chi connectivity index (χ0v) is 18.4. The highest BCUT2D eigenvalue weighted by Gasteiger charge is 2.37. The molecule has 1 atom stereocenters. The summed E-state index contributed by atoms with van der Waals surface area (Å²) in [7, 11) is 0. The van der Waals surface area contributed by atoms with E-state index in [9.17, 15) is 17.6 Å². The summed E-state index contributed by atoms with van der Waals surface area (Å²) >= 11 is 0. The number of halogens is 4. The molecule has 0 bridgehead atoms. The summed E-state index contributed by atoms with van der Waals surface area (Å²) in [6, 6.07) is 3.42. The van der Waals surface area contributed by atoms with Crippen LogP contribution in [-0.4, -0.2) is 12.7 Å². The Bertz CT molecular complexity index is 732. The predicted octanol–water partition coefficient (Wildman–Crippen LogP) is 7.89. The Labute approximate surface area is 182 Å². The molecule has 0 amide bonds. The molecule has 3 aliphatic rings. The van der Waals surface area contributed by atoms with Gasteiger partial charge < -0.3 is 4.74 Å². The molecular formula is C25H34F4O2. The van der Waals surface area contributed by atoms with E-state index in [0.717, 1.165) is 36.2 Å². The third kappa shape index (κ3) is 5.74. The Morgan fingerprint density at radius 3 is 2.19 bits per heavy atom. The highest BCUT2D eigenvalue weighted by atomic mass is 19.4. The Morgan fingerprint density at radius 2 is 1.58 bits per heavy atom. The van der Waals surface area contributed by atoms with Crippen molar-refractivity contribution in [1.82, 2.24) is 0 Å². The molecule has 2 nitrogen and oxygen atoms in total. The standard InChI is InChI=1S/C25H34F4O2/c1-2-3-16-4-6-17(7-5-16)18-8-10-19(11-9-18)21-14-20-12-13-23(31-25(27,28)29)30-24(20)22(26)15-21/h14-19,23H,2-13H2,1H3. The van der Waals surface area contributed by atoms with Crippen molar-refractivity contribution in [2.45, 2.75) is 103 Å². The van der Waals surface area contributed by atoms with Gasteiger partial charge >= 0.3 is 6.36 Å². The number of fused-ring (bicyclic) bond motifs is 1. The van der Waals surface area contributed by atoms with E-state index in [1.807, 2.05) is 6.07 Å². The van der Waals surface area contributed by atoms with Gasteiger partial charge in [-0.2, -0.15) is 0 Å². The molecule has 0 N–H and O–H groups in total. The smallest absolute Gasteiger partial charge is 0.461 e. The Balaban J connectivity index is 1.33. The summed E-state index contributed by atoms with van der Waals surface area (Å²) in [6.07, 6.45) is 6.84. The van der Waals surface area contributed by atoms with Gasteiger partial charge in [0.2, 0.25) is 6.29 Å². The third-order valence-electron chi connectivity index (χ3n) is 7.80. The van der Waals surface area contributed by atoms with Crippen LogP contribution in [0.2, 0.25) is 0 Å². The van der Waals surface area contributed by atoms with Gasteiger partial charge in [-0.3, -0.25) is 4.74 Å². The molecule has 2 aliphatic carbocycles. The van der Waals surface area contributed by atoms with Crippen LogP contribution in [0.25, 0.3) is 0 Å². The number of benzene rings is 1. The Hall–Kier alpha value is -1.30. The summed E-state index contributed by atoms with van der Waals surface area (Å²) in [5, 5.41) is 0. The number of hydrogen-bond donors (Lipinski definition) is 0. The third-order valence-corrected chi connectivity index (χ3v) is 7.80. The van der Waals surface area contributed by atoms with Gasteiger partial charge in [-0.1, -0.05) is 38.7 Å². The number of hydrogen-bond acceptors (Lipinski definition) is 2. The van der Waals surface area contributed by atoms with Gasteiger partial charge in [-0.05, 0) is 85.8 Å². The van der Waals surface area contributed by atoms with E-state index in [-0.39, 0.29) is 12.2 Å². The molecule has 6 heteroatoms. The van der Waals surface area contributed by atoms with Crippen LogP contribution in [-0.2, 0) is 11.2 Å². The lowest BCUT2D eigenvalue weighted by Gasteiger charge is -2.38. The number of ether oxygens (including phenoxy) is 2. The number of rotatable bonds is 5. The first-order chi connectivity index (χ1) is 14.8. The van der Waals surface area contributed by atoms with Crippen LogP contribution >= 0.6 is 0 Å². The van der Waals surface area contributed by atoms with E-state index in [1.165, 1.54) is 57.4 Å². The first-order valence-electron chi connectivity index (χ1n) is 12.1. The minimum absolute atomic E-state index is 0.0723. The zero-order valence-electron chi connectivity index (χ0n) is 18.4. The van der Waals surface area contributed by atoms with Crippen LogP contribution in [0.15, 0.2) is 12.1 Å². The second-order valence-electron chi connectivity index (χ2n) is 9.82. The SMILES string of the molecule is CCCC1CCC(C2CCC(c3cc(F)c4c(c3)CCC(OC(F)(F)F)O4)CC2)CC1. The molecule has 0 aromatic heterocycles. The fourth-order valence-electron chi connectivity index (χ4n) is 6.20. The van der Waals surface area contributed by atoms with Gasteiger partial charge in [0.05, 0.1) is 0 Å². The van der Waals surface area contributed by atoms with Crippen LogP contribution in [0, 0.1) is 23.6 Å². The molecule has 2 fully saturated rings. The van der Waals surface area contributed by atoms with Crippen LogP contribution in [0.1, 0.15) is 94.6 Å². The highest BCUT2D eigenvalue weighted by molar-refractivity contribution is 5.41. The van der Waals surface area contributed by atoms with Gasteiger partial charge in [0.1, 0.15) is 0 Å². The largest absolute Gasteiger partial charge is 0.525 e. The summed E-state index contributed by atoms with van der Waals surface area (Å²) in [5.74, 6) is 2.26. The van der Waals surface area contributed by atoms with Gasteiger partial charge in [-0.15, -0.1) is 13.2 Å². The maximum atomic E-state index is 14.7. The quantitative estimate of drug-likeness (QED) is 0.432. The van der Waals surface area contributed by atoms with Crippen molar-refractivity contribution in [2.24, 2.45) is 17.8 Å². The Morgan fingerprint density at radius 1 is 0.935 bits per heavy atom. The lowest BCUT2D eigenvalue weighted by molar-refractivity contribution is -0.369. The minimum Gasteiger partial charge on any atom is -0.461 e. The molecular weight excluding hydrogens is 408 g/mol. The summed E-state index contributed by atoms with van der Waals surface area (Å²) in [5.41, 5.74) is 1.63. The van der Waals surface area contributed by atoms with E-state index in [4.69, 9.17) is 4.74 Å². The zero-order chi connectivity index (χ0) is 22.0. The summed E-state index contributed by atoms with van der Waals surface area (Å²) < 4.78 is 61.2. The molecule has 0 saturated heterocycles. The van der Waals surface area contributed by atoms with Crippen LogP contribution in [0.5, 0.6) is 5.75 Å². The maximum absolute atomic E-state index is 14.7. The van der Waals surface area contributed by atoms with Crippen LogP contribution < -0.4 is 4.74 Å². The average Bonchev–Trinajstić information content (AvgIpc) is 2.74. The molecule has 2 saturated carbocycles. The fraction of sp³-hybridized carbons (Fsp3) is 0.760. The Kier molecular flexibility index (Phi) is 7.14. The molecule has 4 rings (SSSR count). The van der Waals surface area contributed by atoms with Gasteiger partial charge in [0.25, 0.3) is 0 Å². The van der Waals surface area contributed by atoms with Crippen molar-refractivity contribution >= 4 is 0 Å². The fourth-order valence-corrected chi connectivity index (χ4v) is 6.20. The van der Waals surface area contributed by atoms with Crippen LogP contribution in [0.4, 0.5) is 17.6 Å². The van der Waals surface area contributed by atoms with E-state index >= 15 is 0 Å². The molecule has 1 unspecified atom stereocenters. The van der Waals surface area contributed by atoms with E-state index in [1.54, 1.807) is 0 Å². The van der Waals surface area contributed by atoms with Gasteiger partial charge in [0.15, 0.2) is 11.6 Å². The van der Waals surface area contributed by atoms with E-state index in [0.29, 0.717) is 17.9 Å². The minimum atomic E-state index is -4.79. The molecule has 1 heterocycles. The second kappa shape index (κ2) is 9.68.